The van der Waals surface area contributed by atoms with Crippen molar-refractivity contribution in [2.45, 2.75) is 33.2 Å². The van der Waals surface area contributed by atoms with Crippen LogP contribution in [0.4, 0.5) is 0 Å². The van der Waals surface area contributed by atoms with Gasteiger partial charge in [0.2, 0.25) is 5.91 Å². The molecule has 0 unspecified atom stereocenters. The number of rotatable bonds is 5. The maximum absolute atomic E-state index is 11.7. The molecule has 0 saturated carbocycles. The second-order valence-electron chi connectivity index (χ2n) is 6.48. The molecule has 0 spiro atoms. The lowest BCUT2D eigenvalue weighted by Gasteiger charge is -2.34. The molecule has 2 aromatic rings. The van der Waals surface area contributed by atoms with Gasteiger partial charge < -0.3 is 4.90 Å². The zero-order valence-electron chi connectivity index (χ0n) is 15.1. The van der Waals surface area contributed by atoms with E-state index in [-0.39, 0.29) is 5.91 Å². The van der Waals surface area contributed by atoms with Crippen molar-refractivity contribution < 1.29 is 4.79 Å². The lowest BCUT2D eigenvalue weighted by molar-refractivity contribution is -0.132. The maximum atomic E-state index is 11.7. The number of amides is 1. The zero-order chi connectivity index (χ0) is 17.6. The Balaban J connectivity index is 1.57. The minimum absolute atomic E-state index is 0.262. The van der Waals surface area contributed by atoms with E-state index in [2.05, 4.69) is 46.1 Å². The van der Waals surface area contributed by atoms with Crippen LogP contribution < -0.4 is 0 Å². The molecule has 132 valence electrons. The third kappa shape index (κ3) is 4.42. The highest BCUT2D eigenvalue weighted by molar-refractivity contribution is 5.75. The first kappa shape index (κ1) is 17.5. The standard InChI is InChI=1S/C20H26N4O/c1-3-16-13-21-20(22-14-16)18-7-5-17(6-8-18)15-23-9-11-24(12-10-23)19(25)4-2/h5-8,13-14H,3-4,9-12,15H2,1-2H3. The summed E-state index contributed by atoms with van der Waals surface area (Å²) in [5, 5.41) is 0. The van der Waals surface area contributed by atoms with Crippen molar-refractivity contribution in [3.8, 4) is 11.4 Å². The number of aryl methyl sites for hydroxylation is 1. The third-order valence-corrected chi connectivity index (χ3v) is 4.76. The largest absolute Gasteiger partial charge is 0.340 e. The van der Waals surface area contributed by atoms with Crippen LogP contribution in [0.2, 0.25) is 0 Å². The predicted molar refractivity (Wildman–Crippen MR) is 99.0 cm³/mol. The number of carbonyl (C=O) groups is 1. The monoisotopic (exact) mass is 338 g/mol. The molecular formula is C20H26N4O. The minimum Gasteiger partial charge on any atom is -0.340 e. The molecule has 3 rings (SSSR count). The van der Waals surface area contributed by atoms with Crippen molar-refractivity contribution in [2.24, 2.45) is 0 Å². The first-order valence-electron chi connectivity index (χ1n) is 9.10. The number of carbonyl (C=O) groups excluding carboxylic acids is 1. The SMILES string of the molecule is CCC(=O)N1CCN(Cc2ccc(-c3ncc(CC)cn3)cc2)CC1. The Morgan fingerprint density at radius 2 is 1.60 bits per heavy atom. The zero-order valence-corrected chi connectivity index (χ0v) is 15.1. The van der Waals surface area contributed by atoms with E-state index >= 15 is 0 Å². The highest BCUT2D eigenvalue weighted by atomic mass is 16.2. The molecule has 1 amide bonds. The summed E-state index contributed by atoms with van der Waals surface area (Å²) in [5.41, 5.74) is 3.48. The predicted octanol–water partition coefficient (Wildman–Crippen LogP) is 2.76. The van der Waals surface area contributed by atoms with Crippen LogP contribution in [0, 0.1) is 0 Å². The Kier molecular flexibility index (Phi) is 5.76. The fraction of sp³-hybridized carbons (Fsp3) is 0.450. The molecule has 5 nitrogen and oxygen atoms in total. The van der Waals surface area contributed by atoms with Crippen LogP contribution in [0.1, 0.15) is 31.4 Å². The summed E-state index contributed by atoms with van der Waals surface area (Å²) in [4.78, 5) is 25.0. The number of benzene rings is 1. The Hall–Kier alpha value is -2.27. The van der Waals surface area contributed by atoms with Crippen LogP contribution in [0.25, 0.3) is 11.4 Å². The minimum atomic E-state index is 0.262. The number of aromatic nitrogens is 2. The molecular weight excluding hydrogens is 312 g/mol. The normalized spacial score (nSPS) is 15.4. The van der Waals surface area contributed by atoms with E-state index in [9.17, 15) is 4.79 Å². The maximum Gasteiger partial charge on any atom is 0.222 e. The molecule has 2 heterocycles. The van der Waals surface area contributed by atoms with Gasteiger partial charge >= 0.3 is 0 Å². The van der Waals surface area contributed by atoms with E-state index in [1.807, 2.05) is 24.2 Å². The van der Waals surface area contributed by atoms with Crippen LogP contribution in [0.5, 0.6) is 0 Å². The summed E-state index contributed by atoms with van der Waals surface area (Å²) in [6.07, 6.45) is 5.35. The van der Waals surface area contributed by atoms with Gasteiger partial charge in [0, 0.05) is 57.1 Å². The van der Waals surface area contributed by atoms with Gasteiger partial charge in [-0.05, 0) is 17.5 Å². The van der Waals surface area contributed by atoms with Gasteiger partial charge in [-0.3, -0.25) is 9.69 Å². The smallest absolute Gasteiger partial charge is 0.222 e. The molecule has 1 aromatic heterocycles. The number of piperazine rings is 1. The summed E-state index contributed by atoms with van der Waals surface area (Å²) in [6.45, 7) is 8.50. The molecule has 5 heteroatoms. The molecule has 0 aliphatic carbocycles. The number of hydrogen-bond acceptors (Lipinski definition) is 4. The number of hydrogen-bond donors (Lipinski definition) is 0. The third-order valence-electron chi connectivity index (χ3n) is 4.76. The van der Waals surface area contributed by atoms with Gasteiger partial charge in [-0.25, -0.2) is 9.97 Å². The van der Waals surface area contributed by atoms with Crippen molar-refractivity contribution in [1.82, 2.24) is 19.8 Å². The molecule has 0 N–H and O–H groups in total. The van der Waals surface area contributed by atoms with E-state index in [0.29, 0.717) is 6.42 Å². The van der Waals surface area contributed by atoms with Crippen molar-refractivity contribution in [3.05, 3.63) is 47.8 Å². The summed E-state index contributed by atoms with van der Waals surface area (Å²) in [5.74, 6) is 1.04. The summed E-state index contributed by atoms with van der Waals surface area (Å²) >= 11 is 0. The van der Waals surface area contributed by atoms with Crippen LogP contribution >= 0.6 is 0 Å². The van der Waals surface area contributed by atoms with Crippen LogP contribution in [-0.4, -0.2) is 51.9 Å². The van der Waals surface area contributed by atoms with E-state index in [0.717, 1.165) is 56.1 Å². The van der Waals surface area contributed by atoms with Gasteiger partial charge in [0.05, 0.1) is 0 Å². The van der Waals surface area contributed by atoms with Gasteiger partial charge in [-0.15, -0.1) is 0 Å². The van der Waals surface area contributed by atoms with Crippen LogP contribution in [0.15, 0.2) is 36.7 Å². The van der Waals surface area contributed by atoms with E-state index in [4.69, 9.17) is 0 Å². The Labute approximate surface area is 149 Å². The molecule has 0 bridgehead atoms. The van der Waals surface area contributed by atoms with Crippen molar-refractivity contribution >= 4 is 5.91 Å². The molecule has 1 aromatic carbocycles. The summed E-state index contributed by atoms with van der Waals surface area (Å²) in [7, 11) is 0. The first-order valence-corrected chi connectivity index (χ1v) is 9.10. The van der Waals surface area contributed by atoms with Crippen molar-refractivity contribution in [2.75, 3.05) is 26.2 Å². The van der Waals surface area contributed by atoms with Gasteiger partial charge in [0.25, 0.3) is 0 Å². The molecule has 1 saturated heterocycles. The Morgan fingerprint density at radius 1 is 0.960 bits per heavy atom. The average Bonchev–Trinajstić information content (AvgIpc) is 2.68. The topological polar surface area (TPSA) is 49.3 Å². The van der Waals surface area contributed by atoms with Gasteiger partial charge in [0.15, 0.2) is 5.82 Å². The second kappa shape index (κ2) is 8.21. The van der Waals surface area contributed by atoms with Crippen LogP contribution in [0.3, 0.4) is 0 Å². The van der Waals surface area contributed by atoms with Gasteiger partial charge in [-0.1, -0.05) is 38.1 Å². The molecule has 1 aliphatic heterocycles. The average molecular weight is 338 g/mol. The van der Waals surface area contributed by atoms with Crippen molar-refractivity contribution in [3.63, 3.8) is 0 Å². The van der Waals surface area contributed by atoms with E-state index in [1.54, 1.807) is 0 Å². The molecule has 25 heavy (non-hydrogen) atoms. The second-order valence-corrected chi connectivity index (χ2v) is 6.48. The highest BCUT2D eigenvalue weighted by Gasteiger charge is 2.19. The summed E-state index contributed by atoms with van der Waals surface area (Å²) in [6, 6.07) is 8.48. The molecule has 1 aliphatic rings. The van der Waals surface area contributed by atoms with Gasteiger partial charge in [-0.2, -0.15) is 0 Å². The van der Waals surface area contributed by atoms with Gasteiger partial charge in [0.1, 0.15) is 0 Å². The van der Waals surface area contributed by atoms with E-state index in [1.165, 1.54) is 5.56 Å². The number of nitrogens with zero attached hydrogens (tertiary/aromatic N) is 4. The molecule has 1 fully saturated rings. The quantitative estimate of drug-likeness (QED) is 0.841. The fourth-order valence-corrected chi connectivity index (χ4v) is 3.08. The highest BCUT2D eigenvalue weighted by Crippen LogP contribution is 2.17. The molecule has 0 radical (unpaired) electrons. The first-order chi connectivity index (χ1) is 12.2. The van der Waals surface area contributed by atoms with Crippen LogP contribution in [-0.2, 0) is 17.8 Å². The van der Waals surface area contributed by atoms with Crippen molar-refractivity contribution in [1.29, 1.82) is 0 Å². The lowest BCUT2D eigenvalue weighted by Crippen LogP contribution is -2.48. The Bertz CT molecular complexity index is 689. The summed E-state index contributed by atoms with van der Waals surface area (Å²) < 4.78 is 0. The lowest BCUT2D eigenvalue weighted by atomic mass is 10.1. The fourth-order valence-electron chi connectivity index (χ4n) is 3.08. The molecule has 0 atom stereocenters. The van der Waals surface area contributed by atoms with E-state index < -0.39 is 0 Å². The Morgan fingerprint density at radius 3 is 2.16 bits per heavy atom.